The zero-order chi connectivity index (χ0) is 21.2. The molecule has 5 nitrogen and oxygen atoms in total. The Kier molecular flexibility index (Phi) is 7.41. The van der Waals surface area contributed by atoms with E-state index >= 15 is 0 Å². The van der Waals surface area contributed by atoms with Gasteiger partial charge in [0.15, 0.2) is 0 Å². The average molecular weight is 494 g/mol. The van der Waals surface area contributed by atoms with Gasteiger partial charge in [-0.05, 0) is 55.5 Å². The van der Waals surface area contributed by atoms with Crippen LogP contribution in [0.5, 0.6) is 0 Å². The van der Waals surface area contributed by atoms with E-state index in [2.05, 4.69) is 5.32 Å². The second-order valence-electron chi connectivity index (χ2n) is 6.59. The standard InChI is InChI=1S/C19H19Cl3N2O3S2/c1-28-13-2-4-14(5-3-13)29(26,27)24-8-6-12(7-9-24)19(25)23-18-11-16(21)15(20)10-17(18)22/h2-5,10-12H,6-9H2,1H3,(H,23,25). The summed E-state index contributed by atoms with van der Waals surface area (Å²) < 4.78 is 27.1. The highest BCUT2D eigenvalue weighted by molar-refractivity contribution is 7.98. The Morgan fingerprint density at radius 1 is 1.03 bits per heavy atom. The first kappa shape index (κ1) is 22.7. The fraction of sp³-hybridized carbons (Fsp3) is 0.316. The van der Waals surface area contributed by atoms with Crippen LogP contribution in [0.15, 0.2) is 46.2 Å². The Morgan fingerprint density at radius 2 is 1.62 bits per heavy atom. The van der Waals surface area contributed by atoms with Crippen molar-refractivity contribution in [2.24, 2.45) is 5.92 Å². The van der Waals surface area contributed by atoms with Crippen molar-refractivity contribution in [2.75, 3.05) is 24.7 Å². The third kappa shape index (κ3) is 5.21. The highest BCUT2D eigenvalue weighted by Gasteiger charge is 2.32. The van der Waals surface area contributed by atoms with E-state index in [4.69, 9.17) is 34.8 Å². The number of hydrogen-bond donors (Lipinski definition) is 1. The second kappa shape index (κ2) is 9.45. The molecule has 0 radical (unpaired) electrons. The minimum Gasteiger partial charge on any atom is -0.324 e. The van der Waals surface area contributed by atoms with Crippen molar-refractivity contribution in [1.29, 1.82) is 0 Å². The Labute approximate surface area is 189 Å². The molecule has 3 rings (SSSR count). The van der Waals surface area contributed by atoms with E-state index in [0.717, 1.165) is 4.90 Å². The van der Waals surface area contributed by atoms with E-state index in [1.807, 2.05) is 6.26 Å². The van der Waals surface area contributed by atoms with Crippen molar-refractivity contribution in [2.45, 2.75) is 22.6 Å². The molecular weight excluding hydrogens is 475 g/mol. The number of nitrogens with one attached hydrogen (secondary N) is 1. The van der Waals surface area contributed by atoms with Crippen LogP contribution in [0.25, 0.3) is 0 Å². The molecule has 0 unspecified atom stereocenters. The molecule has 1 aliphatic rings. The van der Waals surface area contributed by atoms with Gasteiger partial charge in [0.25, 0.3) is 0 Å². The first-order valence-corrected chi connectivity index (χ1v) is 12.6. The summed E-state index contributed by atoms with van der Waals surface area (Å²) in [4.78, 5) is 13.9. The predicted molar refractivity (Wildman–Crippen MR) is 120 cm³/mol. The fourth-order valence-electron chi connectivity index (χ4n) is 3.11. The third-order valence-electron chi connectivity index (χ3n) is 4.79. The van der Waals surface area contributed by atoms with Crippen LogP contribution in [-0.4, -0.2) is 38.0 Å². The highest BCUT2D eigenvalue weighted by Crippen LogP contribution is 2.33. The quantitative estimate of drug-likeness (QED) is 0.447. The van der Waals surface area contributed by atoms with Gasteiger partial charge in [-0.2, -0.15) is 4.31 Å². The molecule has 29 heavy (non-hydrogen) atoms. The number of nitrogens with zero attached hydrogens (tertiary/aromatic N) is 1. The first-order valence-electron chi connectivity index (χ1n) is 8.82. The summed E-state index contributed by atoms with van der Waals surface area (Å²) in [5.41, 5.74) is 0.384. The lowest BCUT2D eigenvalue weighted by Gasteiger charge is -2.30. The Bertz CT molecular complexity index is 1010. The molecule has 0 bridgehead atoms. The van der Waals surface area contributed by atoms with E-state index in [1.54, 1.807) is 36.0 Å². The average Bonchev–Trinajstić information content (AvgIpc) is 2.72. The summed E-state index contributed by atoms with van der Waals surface area (Å²) in [5.74, 6) is -0.530. The van der Waals surface area contributed by atoms with E-state index in [1.165, 1.54) is 16.4 Å². The molecular formula is C19H19Cl3N2O3S2. The number of halogens is 3. The smallest absolute Gasteiger partial charge is 0.243 e. The van der Waals surface area contributed by atoms with Gasteiger partial charge in [0, 0.05) is 23.9 Å². The van der Waals surface area contributed by atoms with Crippen molar-refractivity contribution < 1.29 is 13.2 Å². The number of sulfonamides is 1. The molecule has 0 saturated carbocycles. The number of rotatable bonds is 5. The van der Waals surface area contributed by atoms with Gasteiger partial charge in [0.05, 0.1) is 25.7 Å². The van der Waals surface area contributed by atoms with Crippen LogP contribution in [0, 0.1) is 5.92 Å². The van der Waals surface area contributed by atoms with Crippen molar-refractivity contribution in [1.82, 2.24) is 4.31 Å². The number of anilines is 1. The molecule has 1 N–H and O–H groups in total. The molecule has 1 fully saturated rings. The summed E-state index contributed by atoms with van der Waals surface area (Å²) in [6.45, 7) is 0.555. The molecule has 0 spiro atoms. The molecule has 0 aromatic heterocycles. The van der Waals surface area contributed by atoms with Gasteiger partial charge in [0.1, 0.15) is 0 Å². The van der Waals surface area contributed by atoms with E-state index in [9.17, 15) is 13.2 Å². The molecule has 10 heteroatoms. The van der Waals surface area contributed by atoms with Gasteiger partial charge in [-0.25, -0.2) is 8.42 Å². The lowest BCUT2D eigenvalue weighted by Crippen LogP contribution is -2.41. The molecule has 1 saturated heterocycles. The van der Waals surface area contributed by atoms with Crippen molar-refractivity contribution in [3.63, 3.8) is 0 Å². The largest absolute Gasteiger partial charge is 0.324 e. The number of hydrogen-bond acceptors (Lipinski definition) is 4. The van der Waals surface area contributed by atoms with Crippen LogP contribution < -0.4 is 5.32 Å². The summed E-state index contributed by atoms with van der Waals surface area (Å²) in [5, 5.41) is 3.65. The molecule has 1 amide bonds. The maximum atomic E-state index is 12.8. The minimum atomic E-state index is -3.57. The van der Waals surface area contributed by atoms with Crippen LogP contribution in [0.1, 0.15) is 12.8 Å². The fourth-order valence-corrected chi connectivity index (χ4v) is 5.58. The summed E-state index contributed by atoms with van der Waals surface area (Å²) >= 11 is 19.6. The van der Waals surface area contributed by atoms with E-state index in [-0.39, 0.29) is 29.8 Å². The number of carbonyl (C=O) groups is 1. The van der Waals surface area contributed by atoms with E-state index in [0.29, 0.717) is 33.6 Å². The van der Waals surface area contributed by atoms with Crippen LogP contribution in [0.2, 0.25) is 15.1 Å². The maximum Gasteiger partial charge on any atom is 0.243 e. The van der Waals surface area contributed by atoms with Gasteiger partial charge in [-0.3, -0.25) is 4.79 Å². The first-order chi connectivity index (χ1) is 13.7. The minimum absolute atomic E-state index is 0.216. The molecule has 156 valence electrons. The maximum absolute atomic E-state index is 12.8. The molecule has 1 heterocycles. The van der Waals surface area contributed by atoms with Crippen molar-refractivity contribution in [3.05, 3.63) is 51.5 Å². The number of benzene rings is 2. The molecule has 2 aromatic rings. The van der Waals surface area contributed by atoms with Gasteiger partial charge < -0.3 is 5.32 Å². The monoisotopic (exact) mass is 492 g/mol. The Morgan fingerprint density at radius 3 is 2.21 bits per heavy atom. The second-order valence-corrected chi connectivity index (χ2v) is 10.6. The number of piperidine rings is 1. The van der Waals surface area contributed by atoms with Crippen molar-refractivity contribution in [3.8, 4) is 0 Å². The molecule has 0 atom stereocenters. The SMILES string of the molecule is CSc1ccc(S(=O)(=O)N2CCC(C(=O)Nc3cc(Cl)c(Cl)cc3Cl)CC2)cc1. The van der Waals surface area contributed by atoms with Crippen molar-refractivity contribution >= 4 is 68.2 Å². The van der Waals surface area contributed by atoms with Crippen LogP contribution >= 0.6 is 46.6 Å². The summed E-state index contributed by atoms with van der Waals surface area (Å²) in [6, 6.07) is 9.79. The van der Waals surface area contributed by atoms with E-state index < -0.39 is 10.0 Å². The number of amides is 1. The lowest BCUT2D eigenvalue weighted by molar-refractivity contribution is -0.120. The summed E-state index contributed by atoms with van der Waals surface area (Å²) in [7, 11) is -3.57. The Hall–Kier alpha value is -0.960. The van der Waals surface area contributed by atoms with Crippen LogP contribution in [0.3, 0.4) is 0 Å². The molecule has 2 aromatic carbocycles. The number of thioether (sulfide) groups is 1. The summed E-state index contributed by atoms with van der Waals surface area (Å²) in [6.07, 6.45) is 2.78. The van der Waals surface area contributed by atoms with Gasteiger partial charge >= 0.3 is 0 Å². The topological polar surface area (TPSA) is 66.5 Å². The normalized spacial score (nSPS) is 16.0. The van der Waals surface area contributed by atoms with Gasteiger partial charge in [-0.15, -0.1) is 11.8 Å². The Balaban J connectivity index is 1.63. The zero-order valence-corrected chi connectivity index (χ0v) is 19.4. The predicted octanol–water partition coefficient (Wildman–Crippen LogP) is 5.41. The van der Waals surface area contributed by atoms with Crippen LogP contribution in [-0.2, 0) is 14.8 Å². The van der Waals surface area contributed by atoms with Crippen LogP contribution in [0.4, 0.5) is 5.69 Å². The van der Waals surface area contributed by atoms with Gasteiger partial charge in [-0.1, -0.05) is 34.8 Å². The zero-order valence-electron chi connectivity index (χ0n) is 15.5. The third-order valence-corrected chi connectivity index (χ3v) is 8.48. The molecule has 1 aliphatic heterocycles. The molecule has 0 aliphatic carbocycles. The van der Waals surface area contributed by atoms with Gasteiger partial charge in [0.2, 0.25) is 15.9 Å². The number of carbonyl (C=O) groups excluding carboxylic acids is 1. The lowest BCUT2D eigenvalue weighted by atomic mass is 9.97. The highest BCUT2D eigenvalue weighted by atomic mass is 35.5.